The van der Waals surface area contributed by atoms with Crippen molar-refractivity contribution >= 4 is 38.9 Å². The molecule has 1 fully saturated rings. The fourth-order valence-corrected chi connectivity index (χ4v) is 6.39. The van der Waals surface area contributed by atoms with Crippen molar-refractivity contribution in [1.29, 1.82) is 0 Å². The zero-order chi connectivity index (χ0) is 28.3. The van der Waals surface area contributed by atoms with Crippen LogP contribution in [0.2, 0.25) is 0 Å². The van der Waals surface area contributed by atoms with Crippen LogP contribution in [0.5, 0.6) is 0 Å². The third kappa shape index (κ3) is 5.58. The van der Waals surface area contributed by atoms with Crippen LogP contribution in [0.25, 0.3) is 15.6 Å². The number of rotatable bonds is 7. The van der Waals surface area contributed by atoms with Crippen molar-refractivity contribution in [3.63, 3.8) is 0 Å². The molecule has 8 nitrogen and oxygen atoms in total. The van der Waals surface area contributed by atoms with Gasteiger partial charge in [-0.2, -0.15) is 0 Å². The van der Waals surface area contributed by atoms with E-state index in [-0.39, 0.29) is 18.4 Å². The van der Waals surface area contributed by atoms with E-state index in [1.54, 1.807) is 6.26 Å². The van der Waals surface area contributed by atoms with Crippen LogP contribution < -0.4 is 9.80 Å². The van der Waals surface area contributed by atoms with Gasteiger partial charge in [0.15, 0.2) is 5.78 Å². The average molecular weight is 565 g/mol. The number of nitrogens with zero attached hydrogens (tertiary/aromatic N) is 6. The van der Waals surface area contributed by atoms with Crippen LogP contribution in [-0.4, -0.2) is 76.4 Å². The van der Waals surface area contributed by atoms with Gasteiger partial charge in [-0.1, -0.05) is 66.7 Å². The number of piperazine rings is 1. The summed E-state index contributed by atoms with van der Waals surface area (Å²) < 4.78 is 12.6. The summed E-state index contributed by atoms with van der Waals surface area (Å²) >= 11 is 0. The maximum atomic E-state index is 13.0. The van der Waals surface area contributed by atoms with E-state index < -0.39 is 10.8 Å². The summed E-state index contributed by atoms with van der Waals surface area (Å²) in [5.74, 6) is 0.882. The number of benzene rings is 3. The molecule has 1 saturated heterocycles. The van der Waals surface area contributed by atoms with E-state index in [0.29, 0.717) is 43.4 Å². The number of carbonyl (C=O) groups excluding carboxylic acids is 1. The molecule has 0 aliphatic carbocycles. The van der Waals surface area contributed by atoms with Crippen LogP contribution in [0, 0.1) is 6.57 Å². The van der Waals surface area contributed by atoms with Crippen LogP contribution in [0.1, 0.15) is 21.6 Å². The predicted molar refractivity (Wildman–Crippen MR) is 163 cm³/mol. The lowest BCUT2D eigenvalue weighted by atomic mass is 10.0. The summed E-state index contributed by atoms with van der Waals surface area (Å²) in [7, 11) is -1.34. The molecule has 208 valence electrons. The lowest BCUT2D eigenvalue weighted by Crippen LogP contribution is -2.56. The fraction of sp³-hybridized carbons (Fsp3) is 0.312. The largest absolute Gasteiger partial charge is 0.365 e. The molecule has 0 saturated carbocycles. The van der Waals surface area contributed by atoms with E-state index in [4.69, 9.17) is 16.5 Å². The van der Waals surface area contributed by atoms with Gasteiger partial charge in [-0.05, 0) is 17.9 Å². The van der Waals surface area contributed by atoms with Gasteiger partial charge < -0.3 is 14.6 Å². The Morgan fingerprint density at radius 1 is 0.976 bits per heavy atom. The maximum Gasteiger partial charge on any atom is 0.231 e. The minimum absolute atomic E-state index is 0.0608. The van der Waals surface area contributed by atoms with E-state index in [1.165, 1.54) is 16.5 Å². The molecule has 0 N–H and O–H groups in total. The summed E-state index contributed by atoms with van der Waals surface area (Å²) in [5, 5.41) is 2.74. The molecule has 1 unspecified atom stereocenters. The number of aromatic nitrogens is 2. The molecule has 2 aliphatic rings. The number of anilines is 2. The summed E-state index contributed by atoms with van der Waals surface area (Å²) in [5.41, 5.74) is 3.85. The third-order valence-electron chi connectivity index (χ3n) is 8.04. The lowest BCUT2D eigenvalue weighted by molar-refractivity contribution is 0.0885. The van der Waals surface area contributed by atoms with Gasteiger partial charge in [0, 0.05) is 54.6 Å². The Hall–Kier alpha value is -4.13. The van der Waals surface area contributed by atoms with Gasteiger partial charge in [0.05, 0.1) is 29.6 Å². The van der Waals surface area contributed by atoms with Crippen LogP contribution >= 0.6 is 0 Å². The summed E-state index contributed by atoms with van der Waals surface area (Å²) in [4.78, 5) is 32.9. The zero-order valence-corrected chi connectivity index (χ0v) is 23.9. The first kappa shape index (κ1) is 27.1. The fourth-order valence-electron chi connectivity index (χ4n) is 5.94. The summed E-state index contributed by atoms with van der Waals surface area (Å²) in [6, 6.07) is 24.0. The Balaban J connectivity index is 1.28. The molecule has 1 aromatic heterocycles. The van der Waals surface area contributed by atoms with Crippen molar-refractivity contribution in [2.75, 3.05) is 55.3 Å². The molecular formula is C32H32N6O2S. The first-order valence-electron chi connectivity index (χ1n) is 13.9. The first-order valence-corrected chi connectivity index (χ1v) is 15.4. The Morgan fingerprint density at radius 3 is 2.56 bits per heavy atom. The zero-order valence-electron chi connectivity index (χ0n) is 23.1. The van der Waals surface area contributed by atoms with Crippen molar-refractivity contribution in [1.82, 2.24) is 14.9 Å². The Kier molecular flexibility index (Phi) is 7.77. The minimum Gasteiger partial charge on any atom is -0.365 e. The summed E-state index contributed by atoms with van der Waals surface area (Å²) in [6.45, 7) is 11.5. The van der Waals surface area contributed by atoms with Gasteiger partial charge >= 0.3 is 0 Å². The number of hydrogen-bond acceptors (Lipinski definition) is 7. The normalized spacial score (nSPS) is 18.1. The molecule has 3 heterocycles. The highest BCUT2D eigenvalue weighted by atomic mass is 32.2. The van der Waals surface area contributed by atoms with E-state index >= 15 is 0 Å². The Bertz CT molecular complexity index is 1650. The molecule has 0 amide bonds. The van der Waals surface area contributed by atoms with Crippen molar-refractivity contribution < 1.29 is 9.00 Å². The highest BCUT2D eigenvalue weighted by molar-refractivity contribution is 7.84. The highest BCUT2D eigenvalue weighted by Crippen LogP contribution is 2.34. The number of hydrogen-bond donors (Lipinski definition) is 0. The third-order valence-corrected chi connectivity index (χ3v) is 8.73. The maximum absolute atomic E-state index is 13.0. The molecule has 9 heteroatoms. The van der Waals surface area contributed by atoms with E-state index in [1.807, 2.05) is 30.3 Å². The topological polar surface area (TPSA) is 74.0 Å². The second-order valence-electron chi connectivity index (χ2n) is 10.6. The minimum atomic E-state index is -1.34. The number of Topliss-reactive ketones (excluding diaryl/α,β-unsaturated/α-hetero) is 1. The van der Waals surface area contributed by atoms with Crippen molar-refractivity contribution in [2.45, 2.75) is 24.2 Å². The molecule has 0 bridgehead atoms. The van der Waals surface area contributed by atoms with E-state index in [9.17, 15) is 9.00 Å². The second-order valence-corrected chi connectivity index (χ2v) is 11.9. The molecule has 0 spiro atoms. The molecule has 2 aliphatic heterocycles. The predicted octanol–water partition coefficient (Wildman–Crippen LogP) is 4.22. The molecule has 6 rings (SSSR count). The SMILES string of the molecule is [C-]#[N+]C[C@H]1CN(c2nc(S(C)=O)nc3c2CCN(c2cccc4ccccc24)C3)CCN1CC(=O)c1ccccc1. The average Bonchev–Trinajstić information content (AvgIpc) is 3.01. The van der Waals surface area contributed by atoms with E-state index in [0.717, 1.165) is 30.0 Å². The van der Waals surface area contributed by atoms with Gasteiger partial charge in [0.1, 0.15) is 11.9 Å². The van der Waals surface area contributed by atoms with Crippen molar-refractivity contribution in [2.24, 2.45) is 0 Å². The molecular weight excluding hydrogens is 532 g/mol. The van der Waals surface area contributed by atoms with Crippen LogP contribution in [0.15, 0.2) is 78.0 Å². The number of fused-ring (bicyclic) bond motifs is 2. The highest BCUT2D eigenvalue weighted by Gasteiger charge is 2.34. The number of carbonyl (C=O) groups is 1. The van der Waals surface area contributed by atoms with Crippen LogP contribution in [-0.2, 0) is 23.8 Å². The Morgan fingerprint density at radius 2 is 1.76 bits per heavy atom. The molecule has 0 radical (unpaired) electrons. The standard InChI is InChI=1S/C32H32N6O2S/c1-33-19-25-20-38(18-17-36(25)22-30(39)24-10-4-3-5-11-24)31-27-15-16-37(21-28(27)34-32(35-31)41(2)40)29-14-8-12-23-9-6-7-13-26(23)29/h3-14,25H,15-22H2,2H3/t25-,41?/m0/s1. The molecule has 4 aromatic rings. The summed E-state index contributed by atoms with van der Waals surface area (Å²) in [6.07, 6.45) is 2.39. The van der Waals surface area contributed by atoms with Crippen LogP contribution in [0.4, 0.5) is 11.5 Å². The molecule has 41 heavy (non-hydrogen) atoms. The van der Waals surface area contributed by atoms with Crippen LogP contribution in [0.3, 0.4) is 0 Å². The lowest BCUT2D eigenvalue weighted by Gasteiger charge is -2.41. The molecule has 2 atom stereocenters. The van der Waals surface area contributed by atoms with Gasteiger partial charge in [-0.25, -0.2) is 16.5 Å². The molecule has 3 aromatic carbocycles. The van der Waals surface area contributed by atoms with E-state index in [2.05, 4.69) is 62.0 Å². The van der Waals surface area contributed by atoms with Gasteiger partial charge in [0.2, 0.25) is 11.7 Å². The monoisotopic (exact) mass is 564 g/mol. The van der Waals surface area contributed by atoms with Crippen molar-refractivity contribution in [3.05, 3.63) is 101 Å². The van der Waals surface area contributed by atoms with Gasteiger partial charge in [0.25, 0.3) is 0 Å². The quantitative estimate of drug-likeness (QED) is 0.189. The van der Waals surface area contributed by atoms with Gasteiger partial charge in [-0.15, -0.1) is 0 Å². The smallest absolute Gasteiger partial charge is 0.231 e. The number of ketones is 1. The second kappa shape index (κ2) is 11.8. The van der Waals surface area contributed by atoms with Crippen molar-refractivity contribution in [3.8, 4) is 0 Å². The van der Waals surface area contributed by atoms with Gasteiger partial charge in [-0.3, -0.25) is 13.9 Å². The Labute approximate surface area is 242 Å². The first-order chi connectivity index (χ1) is 20.0.